The molecule has 0 bridgehead atoms. The number of benzene rings is 2. The maximum atomic E-state index is 12.6. The first-order valence-corrected chi connectivity index (χ1v) is 6.86. The summed E-state index contributed by atoms with van der Waals surface area (Å²) in [7, 11) is 0. The molecular formula is C18H16O2. The fourth-order valence-corrected chi connectivity index (χ4v) is 2.63. The molecule has 0 amide bonds. The molecule has 0 fully saturated rings. The van der Waals surface area contributed by atoms with Crippen molar-refractivity contribution in [2.24, 2.45) is 0 Å². The third kappa shape index (κ3) is 2.50. The Balaban J connectivity index is 1.98. The van der Waals surface area contributed by atoms with Crippen LogP contribution in [0.2, 0.25) is 0 Å². The van der Waals surface area contributed by atoms with E-state index in [1.807, 2.05) is 42.5 Å². The van der Waals surface area contributed by atoms with Crippen molar-refractivity contribution in [3.63, 3.8) is 0 Å². The van der Waals surface area contributed by atoms with E-state index in [1.54, 1.807) is 12.1 Å². The van der Waals surface area contributed by atoms with Crippen molar-refractivity contribution in [2.45, 2.75) is 19.3 Å². The fourth-order valence-electron chi connectivity index (χ4n) is 2.63. The number of rotatable bonds is 1. The van der Waals surface area contributed by atoms with E-state index in [9.17, 15) is 9.90 Å². The molecule has 1 aliphatic rings. The van der Waals surface area contributed by atoms with Gasteiger partial charge in [0.05, 0.1) is 0 Å². The normalized spacial score (nSPS) is 16.8. The van der Waals surface area contributed by atoms with Crippen molar-refractivity contribution < 1.29 is 9.90 Å². The predicted octanol–water partition coefficient (Wildman–Crippen LogP) is 3.99. The summed E-state index contributed by atoms with van der Waals surface area (Å²) in [5.41, 5.74) is 3.77. The zero-order valence-corrected chi connectivity index (χ0v) is 11.2. The van der Waals surface area contributed by atoms with Crippen molar-refractivity contribution in [1.29, 1.82) is 0 Å². The van der Waals surface area contributed by atoms with Gasteiger partial charge in [-0.05, 0) is 48.6 Å². The Morgan fingerprint density at radius 1 is 0.950 bits per heavy atom. The minimum atomic E-state index is 0.131. The first-order valence-electron chi connectivity index (χ1n) is 6.86. The Labute approximate surface area is 118 Å². The molecule has 1 aliphatic carbocycles. The van der Waals surface area contributed by atoms with Crippen LogP contribution in [-0.2, 0) is 6.42 Å². The van der Waals surface area contributed by atoms with E-state index >= 15 is 0 Å². The van der Waals surface area contributed by atoms with Crippen LogP contribution in [0.15, 0.2) is 54.1 Å². The Kier molecular flexibility index (Phi) is 3.38. The first kappa shape index (κ1) is 12.7. The van der Waals surface area contributed by atoms with Crippen molar-refractivity contribution in [2.75, 3.05) is 0 Å². The second-order valence-corrected chi connectivity index (χ2v) is 5.10. The quantitative estimate of drug-likeness (QED) is 0.624. The molecule has 0 aliphatic heterocycles. The van der Waals surface area contributed by atoms with Gasteiger partial charge in [0.2, 0.25) is 0 Å². The molecule has 0 aromatic heterocycles. The van der Waals surface area contributed by atoms with Gasteiger partial charge in [0.25, 0.3) is 0 Å². The Bertz CT molecular complexity index is 666. The molecule has 3 rings (SSSR count). The molecule has 2 heteroatoms. The first-order chi connectivity index (χ1) is 9.74. The lowest BCUT2D eigenvalue weighted by Crippen LogP contribution is -2.03. The predicted molar refractivity (Wildman–Crippen MR) is 79.8 cm³/mol. The molecule has 0 saturated heterocycles. The number of carbonyl (C=O) groups excluding carboxylic acids is 1. The molecule has 0 radical (unpaired) electrons. The van der Waals surface area contributed by atoms with Gasteiger partial charge in [0.15, 0.2) is 5.78 Å². The number of hydrogen-bond acceptors (Lipinski definition) is 2. The number of Topliss-reactive ketones (excluding diaryl/α,β-unsaturated/α-hetero) is 1. The van der Waals surface area contributed by atoms with Gasteiger partial charge in [-0.25, -0.2) is 0 Å². The van der Waals surface area contributed by atoms with Gasteiger partial charge in [-0.15, -0.1) is 0 Å². The zero-order valence-electron chi connectivity index (χ0n) is 11.2. The molecule has 0 spiro atoms. The van der Waals surface area contributed by atoms with Gasteiger partial charge >= 0.3 is 0 Å². The van der Waals surface area contributed by atoms with Crippen LogP contribution < -0.4 is 0 Å². The third-order valence-corrected chi connectivity index (χ3v) is 3.68. The lowest BCUT2D eigenvalue weighted by atomic mass is 9.98. The minimum Gasteiger partial charge on any atom is -0.508 e. The Morgan fingerprint density at radius 3 is 2.50 bits per heavy atom. The van der Waals surface area contributed by atoms with Crippen LogP contribution in [0.5, 0.6) is 5.75 Å². The fraction of sp³-hybridized carbons (Fsp3) is 0.167. The van der Waals surface area contributed by atoms with E-state index in [2.05, 4.69) is 0 Å². The molecule has 100 valence electrons. The molecule has 2 nitrogen and oxygen atoms in total. The number of phenolic OH excluding ortho intramolecular Hbond substituents is 1. The van der Waals surface area contributed by atoms with Gasteiger partial charge in [0.1, 0.15) is 5.75 Å². The summed E-state index contributed by atoms with van der Waals surface area (Å²) >= 11 is 0. The Hall–Kier alpha value is -2.35. The number of hydrogen-bond donors (Lipinski definition) is 1. The van der Waals surface area contributed by atoms with Crippen LogP contribution in [0, 0.1) is 0 Å². The van der Waals surface area contributed by atoms with Crippen LogP contribution in [0.3, 0.4) is 0 Å². The highest BCUT2D eigenvalue weighted by Crippen LogP contribution is 2.26. The summed E-state index contributed by atoms with van der Waals surface area (Å²) in [6.45, 7) is 0. The highest BCUT2D eigenvalue weighted by molar-refractivity contribution is 6.12. The third-order valence-electron chi connectivity index (χ3n) is 3.68. The highest BCUT2D eigenvalue weighted by atomic mass is 16.3. The second kappa shape index (κ2) is 5.33. The molecule has 0 atom stereocenters. The van der Waals surface area contributed by atoms with Crippen molar-refractivity contribution >= 4 is 11.9 Å². The maximum Gasteiger partial charge on any atom is 0.189 e. The number of aromatic hydroxyl groups is 1. The maximum absolute atomic E-state index is 12.6. The number of fused-ring (bicyclic) bond motifs is 1. The van der Waals surface area contributed by atoms with Gasteiger partial charge in [-0.3, -0.25) is 4.79 Å². The number of aryl methyl sites for hydroxylation is 1. The topological polar surface area (TPSA) is 37.3 Å². The van der Waals surface area contributed by atoms with Crippen molar-refractivity contribution in [3.8, 4) is 5.75 Å². The number of carbonyl (C=O) groups is 1. The second-order valence-electron chi connectivity index (χ2n) is 5.10. The summed E-state index contributed by atoms with van der Waals surface area (Å²) in [6, 6.07) is 14.8. The molecule has 0 saturated carbocycles. The molecule has 20 heavy (non-hydrogen) atoms. The molecular weight excluding hydrogens is 248 g/mol. The van der Waals surface area contributed by atoms with Crippen LogP contribution >= 0.6 is 0 Å². The summed E-state index contributed by atoms with van der Waals surface area (Å²) in [4.78, 5) is 12.6. The standard InChI is InChI=1S/C18H16O2/c19-16-10-8-13(9-11-16)12-15-6-3-5-14-4-1-2-7-17(14)18(15)20/h1-2,4,7-12,19H,3,5-6H2/b15-12+. The Morgan fingerprint density at radius 2 is 1.70 bits per heavy atom. The van der Waals surface area contributed by atoms with Gasteiger partial charge in [-0.1, -0.05) is 36.4 Å². The summed E-state index contributed by atoms with van der Waals surface area (Å²) in [5.74, 6) is 0.371. The van der Waals surface area contributed by atoms with Crippen LogP contribution in [0.1, 0.15) is 34.3 Å². The monoisotopic (exact) mass is 264 g/mol. The smallest absolute Gasteiger partial charge is 0.189 e. The van der Waals surface area contributed by atoms with Crippen LogP contribution in [0.25, 0.3) is 6.08 Å². The number of allylic oxidation sites excluding steroid dienone is 1. The summed E-state index contributed by atoms with van der Waals surface area (Å²) in [5, 5.41) is 9.30. The molecule has 0 unspecified atom stereocenters. The lowest BCUT2D eigenvalue weighted by molar-refractivity contribution is 0.103. The molecule has 1 N–H and O–H groups in total. The summed E-state index contributed by atoms with van der Waals surface area (Å²) in [6.07, 6.45) is 4.68. The van der Waals surface area contributed by atoms with E-state index < -0.39 is 0 Å². The highest BCUT2D eigenvalue weighted by Gasteiger charge is 2.19. The van der Waals surface area contributed by atoms with Gasteiger partial charge < -0.3 is 5.11 Å². The van der Waals surface area contributed by atoms with E-state index in [-0.39, 0.29) is 11.5 Å². The zero-order chi connectivity index (χ0) is 13.9. The molecule has 2 aromatic rings. The van der Waals surface area contributed by atoms with Gasteiger partial charge in [0, 0.05) is 11.1 Å². The average Bonchev–Trinajstić information content (AvgIpc) is 2.62. The van der Waals surface area contributed by atoms with Crippen LogP contribution in [0.4, 0.5) is 0 Å². The van der Waals surface area contributed by atoms with E-state index in [1.165, 1.54) is 0 Å². The average molecular weight is 264 g/mol. The molecule has 0 heterocycles. The SMILES string of the molecule is O=C1/C(=C/c2ccc(O)cc2)CCCc2ccccc21. The van der Waals surface area contributed by atoms with Crippen LogP contribution in [-0.4, -0.2) is 10.9 Å². The van der Waals surface area contributed by atoms with Gasteiger partial charge in [-0.2, -0.15) is 0 Å². The summed E-state index contributed by atoms with van der Waals surface area (Å²) < 4.78 is 0. The lowest BCUT2D eigenvalue weighted by Gasteiger charge is -2.05. The van der Waals surface area contributed by atoms with Crippen molar-refractivity contribution in [1.82, 2.24) is 0 Å². The van der Waals surface area contributed by atoms with E-state index in [0.717, 1.165) is 41.5 Å². The molecule has 2 aromatic carbocycles. The van der Waals surface area contributed by atoms with Crippen molar-refractivity contribution in [3.05, 3.63) is 70.8 Å². The van der Waals surface area contributed by atoms with E-state index in [0.29, 0.717) is 0 Å². The van der Waals surface area contributed by atoms with E-state index in [4.69, 9.17) is 0 Å². The largest absolute Gasteiger partial charge is 0.508 e. The number of ketones is 1. The number of phenols is 1. The minimum absolute atomic E-state index is 0.131.